The molecule has 0 radical (unpaired) electrons. The summed E-state index contributed by atoms with van der Waals surface area (Å²) in [5.41, 5.74) is 4.46. The number of fused-ring (bicyclic) bond motifs is 1. The first-order valence-corrected chi connectivity index (χ1v) is 14.9. The van der Waals surface area contributed by atoms with Crippen LogP contribution >= 0.6 is 11.3 Å². The number of pyridine rings is 1. The second-order valence-electron chi connectivity index (χ2n) is 9.65. The Hall–Kier alpha value is -2.83. The normalized spacial score (nSPS) is 15.8. The Morgan fingerprint density at radius 2 is 2.03 bits per heavy atom. The Morgan fingerprint density at radius 3 is 2.72 bits per heavy atom. The van der Waals surface area contributed by atoms with Crippen molar-refractivity contribution in [2.24, 2.45) is 0 Å². The zero-order valence-corrected chi connectivity index (χ0v) is 22.6. The molecule has 1 aliphatic heterocycles. The molecule has 0 amide bonds. The van der Waals surface area contributed by atoms with Crippen LogP contribution in [0, 0.1) is 0 Å². The minimum atomic E-state index is -2.93. The van der Waals surface area contributed by atoms with Crippen LogP contribution in [0.15, 0.2) is 24.8 Å². The fourth-order valence-corrected chi connectivity index (χ4v) is 6.48. The second kappa shape index (κ2) is 9.91. The molecule has 12 heteroatoms. The number of sulfone groups is 1. The van der Waals surface area contributed by atoms with Gasteiger partial charge in [0.2, 0.25) is 0 Å². The van der Waals surface area contributed by atoms with Crippen LogP contribution < -0.4 is 4.74 Å². The number of aromatic nitrogens is 6. The van der Waals surface area contributed by atoms with Gasteiger partial charge in [0.1, 0.15) is 21.2 Å². The molecule has 5 heterocycles. The van der Waals surface area contributed by atoms with Gasteiger partial charge < -0.3 is 9.64 Å². The number of aromatic amines is 1. The highest BCUT2D eigenvalue weighted by atomic mass is 32.2. The summed E-state index contributed by atoms with van der Waals surface area (Å²) < 4.78 is 30.2. The highest BCUT2D eigenvalue weighted by Gasteiger charge is 2.26. The van der Waals surface area contributed by atoms with Crippen LogP contribution in [0.3, 0.4) is 0 Å². The van der Waals surface area contributed by atoms with E-state index in [1.165, 1.54) is 17.5 Å². The molecule has 10 nitrogen and oxygen atoms in total. The fraction of sp³-hybridized carbons (Fsp3) is 0.500. The van der Waals surface area contributed by atoms with E-state index in [0.29, 0.717) is 23.9 Å². The van der Waals surface area contributed by atoms with E-state index in [-0.39, 0.29) is 11.7 Å². The largest absolute Gasteiger partial charge is 0.493 e. The quantitative estimate of drug-likeness (QED) is 0.368. The minimum absolute atomic E-state index is 0.219. The average Bonchev–Trinajstić information content (AvgIpc) is 3.60. The standard InChI is InChI=1S/C24H31N7O3S2/c1-15(2)20-21(17-11-18(34-3)23-26-14-27-31(23)13-17)28-29-22(20)24-25-12-19(35-24)16-5-7-30(8-6-16)9-10-36(4,32)33/h11-16H,5-10H2,1-4H3,(H,28,29). The number of piperidine rings is 1. The van der Waals surface area contributed by atoms with E-state index in [4.69, 9.17) is 14.8 Å². The van der Waals surface area contributed by atoms with Crippen LogP contribution in [-0.4, -0.2) is 81.8 Å². The summed E-state index contributed by atoms with van der Waals surface area (Å²) >= 11 is 1.71. The molecule has 192 valence electrons. The molecule has 4 aromatic rings. The minimum Gasteiger partial charge on any atom is -0.493 e. The Kier molecular flexibility index (Phi) is 6.84. The van der Waals surface area contributed by atoms with Gasteiger partial charge in [0.05, 0.1) is 24.3 Å². The lowest BCUT2D eigenvalue weighted by atomic mass is 9.96. The monoisotopic (exact) mass is 529 g/mol. The lowest BCUT2D eigenvalue weighted by Gasteiger charge is -2.31. The van der Waals surface area contributed by atoms with Crippen LogP contribution in [0.2, 0.25) is 0 Å². The highest BCUT2D eigenvalue weighted by Crippen LogP contribution is 2.40. The number of hydrogen-bond donors (Lipinski definition) is 1. The first-order valence-electron chi connectivity index (χ1n) is 12.1. The van der Waals surface area contributed by atoms with Crippen molar-refractivity contribution in [3.63, 3.8) is 0 Å². The predicted octanol–water partition coefficient (Wildman–Crippen LogP) is 3.60. The van der Waals surface area contributed by atoms with Gasteiger partial charge in [0, 0.05) is 41.2 Å². The maximum atomic E-state index is 11.5. The number of nitrogens with one attached hydrogen (secondary N) is 1. The van der Waals surface area contributed by atoms with Crippen molar-refractivity contribution in [1.29, 1.82) is 0 Å². The van der Waals surface area contributed by atoms with Crippen molar-refractivity contribution < 1.29 is 13.2 Å². The molecule has 0 bridgehead atoms. The van der Waals surface area contributed by atoms with Gasteiger partial charge in [-0.25, -0.2) is 22.9 Å². The van der Waals surface area contributed by atoms with Gasteiger partial charge in [-0.05, 0) is 43.8 Å². The molecule has 0 aliphatic carbocycles. The number of rotatable bonds is 8. The lowest BCUT2D eigenvalue weighted by Crippen LogP contribution is -2.36. The van der Waals surface area contributed by atoms with Gasteiger partial charge in [-0.15, -0.1) is 11.3 Å². The number of likely N-dealkylation sites (tertiary alicyclic amines) is 1. The van der Waals surface area contributed by atoms with Gasteiger partial charge in [0.25, 0.3) is 0 Å². The molecule has 36 heavy (non-hydrogen) atoms. The van der Waals surface area contributed by atoms with E-state index in [2.05, 4.69) is 33.9 Å². The maximum Gasteiger partial charge on any atom is 0.197 e. The number of thiazole rings is 1. The summed E-state index contributed by atoms with van der Waals surface area (Å²) in [4.78, 5) is 12.6. The molecule has 0 unspecified atom stereocenters. The second-order valence-corrected chi connectivity index (χ2v) is 13.0. The number of hydrogen-bond acceptors (Lipinski definition) is 9. The Labute approximate surface area is 214 Å². The fourth-order valence-electron chi connectivity index (χ4n) is 4.80. The zero-order valence-electron chi connectivity index (χ0n) is 20.9. The Bertz CT molecular complexity index is 1460. The van der Waals surface area contributed by atoms with Crippen LogP contribution in [0.4, 0.5) is 0 Å². The molecule has 1 N–H and O–H groups in total. The predicted molar refractivity (Wildman–Crippen MR) is 140 cm³/mol. The first-order chi connectivity index (χ1) is 17.2. The summed E-state index contributed by atoms with van der Waals surface area (Å²) in [7, 11) is -1.31. The number of nitrogens with zero attached hydrogens (tertiary/aromatic N) is 6. The maximum absolute atomic E-state index is 11.5. The summed E-state index contributed by atoms with van der Waals surface area (Å²) in [6, 6.07) is 1.95. The Morgan fingerprint density at radius 1 is 1.25 bits per heavy atom. The molecule has 0 spiro atoms. The van der Waals surface area contributed by atoms with Gasteiger partial charge in [0.15, 0.2) is 11.4 Å². The molecule has 5 rings (SSSR count). The van der Waals surface area contributed by atoms with E-state index in [1.54, 1.807) is 23.0 Å². The number of H-pyrrole nitrogens is 1. The summed E-state index contributed by atoms with van der Waals surface area (Å²) in [5.74, 6) is 1.52. The van der Waals surface area contributed by atoms with Gasteiger partial charge in [-0.2, -0.15) is 10.2 Å². The van der Waals surface area contributed by atoms with Crippen LogP contribution in [0.1, 0.15) is 49.0 Å². The zero-order chi connectivity index (χ0) is 25.4. The molecule has 1 aliphatic rings. The van der Waals surface area contributed by atoms with Crippen molar-refractivity contribution in [1.82, 2.24) is 34.7 Å². The van der Waals surface area contributed by atoms with Crippen molar-refractivity contribution in [2.75, 3.05) is 38.8 Å². The average molecular weight is 530 g/mol. The third-order valence-electron chi connectivity index (χ3n) is 6.72. The molecule has 1 saturated heterocycles. The third-order valence-corrected chi connectivity index (χ3v) is 8.82. The Balaban J connectivity index is 1.38. The molecule has 0 atom stereocenters. The van der Waals surface area contributed by atoms with Crippen molar-refractivity contribution >= 4 is 26.8 Å². The SMILES string of the molecule is COc1cc(-c2n[nH]c(-c3ncc(C4CCN(CCS(C)(=O)=O)CC4)s3)c2C(C)C)cn2ncnc12. The molecular formula is C24H31N7O3S2. The van der Waals surface area contributed by atoms with Gasteiger partial charge >= 0.3 is 0 Å². The van der Waals surface area contributed by atoms with Gasteiger partial charge in [-0.3, -0.25) is 5.10 Å². The van der Waals surface area contributed by atoms with E-state index < -0.39 is 9.84 Å². The van der Waals surface area contributed by atoms with E-state index in [9.17, 15) is 8.42 Å². The van der Waals surface area contributed by atoms with Gasteiger partial charge in [-0.1, -0.05) is 13.8 Å². The van der Waals surface area contributed by atoms with Crippen LogP contribution in [0.25, 0.3) is 27.6 Å². The summed E-state index contributed by atoms with van der Waals surface area (Å²) in [6.45, 7) is 6.74. The number of ether oxygens (including phenoxy) is 1. The molecule has 4 aromatic heterocycles. The van der Waals surface area contributed by atoms with E-state index in [0.717, 1.165) is 53.5 Å². The third kappa shape index (κ3) is 5.02. The first kappa shape index (κ1) is 24.8. The molecule has 0 saturated carbocycles. The van der Waals surface area contributed by atoms with Crippen LogP contribution in [0.5, 0.6) is 5.75 Å². The summed E-state index contributed by atoms with van der Waals surface area (Å²) in [6.07, 6.45) is 8.73. The highest BCUT2D eigenvalue weighted by molar-refractivity contribution is 7.90. The van der Waals surface area contributed by atoms with E-state index >= 15 is 0 Å². The summed E-state index contributed by atoms with van der Waals surface area (Å²) in [5, 5.41) is 13.2. The van der Waals surface area contributed by atoms with Crippen molar-refractivity contribution in [2.45, 2.75) is 38.5 Å². The topological polar surface area (TPSA) is 118 Å². The molecule has 1 fully saturated rings. The van der Waals surface area contributed by atoms with Crippen molar-refractivity contribution in [3.8, 4) is 27.7 Å². The van der Waals surface area contributed by atoms with Crippen LogP contribution in [-0.2, 0) is 9.84 Å². The smallest absolute Gasteiger partial charge is 0.197 e. The van der Waals surface area contributed by atoms with Crippen molar-refractivity contribution in [3.05, 3.63) is 35.2 Å². The molecule has 0 aromatic carbocycles. The number of methoxy groups -OCH3 is 1. The lowest BCUT2D eigenvalue weighted by molar-refractivity contribution is 0.224. The van der Waals surface area contributed by atoms with E-state index in [1.807, 2.05) is 18.5 Å². The molecular weight excluding hydrogens is 498 g/mol.